The first-order valence-corrected chi connectivity index (χ1v) is 12.0. The molecular weight excluding hydrogens is 482 g/mol. The summed E-state index contributed by atoms with van der Waals surface area (Å²) in [5.74, 6) is 1.43. The summed E-state index contributed by atoms with van der Waals surface area (Å²) in [6, 6.07) is 2.72. The second-order valence-corrected chi connectivity index (χ2v) is 9.22. The number of hydrazine groups is 1. The number of aliphatic hydroxyl groups is 1. The van der Waals surface area contributed by atoms with Gasteiger partial charge in [-0.3, -0.25) is 15.8 Å². The van der Waals surface area contributed by atoms with Crippen LogP contribution in [-0.2, 0) is 6.54 Å². The fourth-order valence-corrected chi connectivity index (χ4v) is 4.80. The van der Waals surface area contributed by atoms with Gasteiger partial charge in [-0.05, 0) is 44.1 Å². The van der Waals surface area contributed by atoms with E-state index in [1.165, 1.54) is 12.1 Å². The Hall–Kier alpha value is -2.53. The summed E-state index contributed by atoms with van der Waals surface area (Å²) in [4.78, 5) is 13.2. The van der Waals surface area contributed by atoms with E-state index in [0.29, 0.717) is 53.3 Å². The van der Waals surface area contributed by atoms with Gasteiger partial charge in [-0.15, -0.1) is 0 Å². The van der Waals surface area contributed by atoms with Crippen molar-refractivity contribution in [2.45, 2.75) is 19.4 Å². The minimum atomic E-state index is -0.530. The van der Waals surface area contributed by atoms with Crippen LogP contribution in [-0.4, -0.2) is 65.9 Å². The van der Waals surface area contributed by atoms with Gasteiger partial charge >= 0.3 is 0 Å². The van der Waals surface area contributed by atoms with Gasteiger partial charge in [-0.1, -0.05) is 23.2 Å². The van der Waals surface area contributed by atoms with E-state index in [2.05, 4.69) is 25.7 Å². The van der Waals surface area contributed by atoms with E-state index in [0.717, 1.165) is 31.8 Å². The molecule has 3 heterocycles. The lowest BCUT2D eigenvalue weighted by Crippen LogP contribution is -2.42. The van der Waals surface area contributed by atoms with Crippen LogP contribution < -0.4 is 22.3 Å². The monoisotopic (exact) mass is 510 g/mol. The van der Waals surface area contributed by atoms with E-state index in [9.17, 15) is 4.39 Å². The van der Waals surface area contributed by atoms with E-state index in [1.54, 1.807) is 6.08 Å². The molecule has 0 unspecified atom stereocenters. The van der Waals surface area contributed by atoms with Crippen molar-refractivity contribution in [3.05, 3.63) is 56.8 Å². The molecule has 1 aromatic rings. The van der Waals surface area contributed by atoms with Crippen LogP contribution in [0.2, 0.25) is 10.0 Å². The third-order valence-electron chi connectivity index (χ3n) is 6.24. The van der Waals surface area contributed by atoms with Crippen LogP contribution in [0.25, 0.3) is 0 Å². The number of likely N-dealkylation sites (tertiary alicyclic amines) is 1. The van der Waals surface area contributed by atoms with Crippen molar-refractivity contribution in [3.8, 4) is 0 Å². The topological polar surface area (TPSA) is 128 Å². The zero-order chi connectivity index (χ0) is 24.2. The predicted octanol–water partition coefficient (Wildman–Crippen LogP) is 1.53. The molecule has 0 saturated carbocycles. The number of halogens is 3. The number of amidine groups is 2. The highest BCUT2D eigenvalue weighted by Crippen LogP contribution is 2.30. The Kier molecular flexibility index (Phi) is 7.82. The largest absolute Gasteiger partial charge is 0.396 e. The fourth-order valence-electron chi connectivity index (χ4n) is 4.31. The first kappa shape index (κ1) is 24.6. The van der Waals surface area contributed by atoms with Crippen molar-refractivity contribution in [1.82, 2.24) is 20.7 Å². The number of rotatable bonds is 6. The van der Waals surface area contributed by atoms with Gasteiger partial charge in [0.25, 0.3) is 0 Å². The number of piperidine rings is 1. The molecule has 1 fully saturated rings. The molecule has 34 heavy (non-hydrogen) atoms. The lowest BCUT2D eigenvalue weighted by atomic mass is 9.96. The van der Waals surface area contributed by atoms with Gasteiger partial charge in [-0.25, -0.2) is 9.38 Å². The van der Waals surface area contributed by atoms with Gasteiger partial charge in [0.05, 0.1) is 29.6 Å². The second-order valence-electron chi connectivity index (χ2n) is 8.43. The quantitative estimate of drug-likeness (QED) is 0.367. The highest BCUT2D eigenvalue weighted by Gasteiger charge is 2.27. The molecule has 0 amide bonds. The fraction of sp³-hybridized carbons (Fsp3) is 0.455. The molecule has 3 aliphatic rings. The van der Waals surface area contributed by atoms with Crippen LogP contribution in [0.5, 0.6) is 0 Å². The first-order valence-electron chi connectivity index (χ1n) is 11.2. The molecular formula is C22H29Cl2FN8O. The molecule has 0 bridgehead atoms. The number of hydrogen-bond acceptors (Lipinski definition) is 9. The molecule has 1 saturated heterocycles. The number of benzene rings is 1. The highest BCUT2D eigenvalue weighted by atomic mass is 35.5. The van der Waals surface area contributed by atoms with Crippen LogP contribution in [0.4, 0.5) is 4.39 Å². The predicted molar refractivity (Wildman–Crippen MR) is 133 cm³/mol. The normalized spacial score (nSPS) is 22.4. The Morgan fingerprint density at radius 2 is 2.00 bits per heavy atom. The maximum atomic E-state index is 14.0. The van der Waals surface area contributed by atoms with Gasteiger partial charge < -0.3 is 26.4 Å². The number of nitrogens with zero attached hydrogens (tertiary/aromatic N) is 4. The van der Waals surface area contributed by atoms with Crippen LogP contribution >= 0.6 is 23.2 Å². The van der Waals surface area contributed by atoms with Crippen LogP contribution in [0.15, 0.2) is 45.4 Å². The number of nitrogens with one attached hydrogen (secondary N) is 2. The van der Waals surface area contributed by atoms with E-state index < -0.39 is 5.82 Å². The van der Waals surface area contributed by atoms with Crippen molar-refractivity contribution < 1.29 is 9.50 Å². The standard InChI is InChI=1S/C22H29Cl2FN8O/c23-15-1-2-16(25)19(24)14(15)12-33-8-5-28-20(27)18(33)11-17(26)22-29-21(30-31-22)13-3-6-32(7-4-13)9-10-34/h1-2,11,13,31,34H,3-10,12,26H2,(H2,27,28)(H,29,30). The summed E-state index contributed by atoms with van der Waals surface area (Å²) < 4.78 is 14.0. The molecule has 9 nitrogen and oxygen atoms in total. The third kappa shape index (κ3) is 5.41. The van der Waals surface area contributed by atoms with Gasteiger partial charge in [-0.2, -0.15) is 0 Å². The number of aliphatic hydroxyl groups excluding tert-OH is 1. The highest BCUT2D eigenvalue weighted by molar-refractivity contribution is 6.36. The maximum Gasteiger partial charge on any atom is 0.169 e. The molecule has 0 atom stereocenters. The zero-order valence-electron chi connectivity index (χ0n) is 18.7. The van der Waals surface area contributed by atoms with Gasteiger partial charge in [0.2, 0.25) is 0 Å². The summed E-state index contributed by atoms with van der Waals surface area (Å²) in [6.07, 6.45) is 3.61. The lowest BCUT2D eigenvalue weighted by molar-refractivity contribution is 0.162. The number of hydrogen-bond donors (Lipinski definition) is 5. The van der Waals surface area contributed by atoms with E-state index in [-0.39, 0.29) is 24.1 Å². The summed E-state index contributed by atoms with van der Waals surface area (Å²) in [6.45, 7) is 3.99. The average molecular weight is 511 g/mol. The Balaban J connectivity index is 1.53. The Labute approximate surface area is 208 Å². The van der Waals surface area contributed by atoms with Crippen molar-refractivity contribution in [2.24, 2.45) is 27.4 Å². The number of aliphatic imine (C=N–C) groups is 2. The number of nitrogens with two attached hydrogens (primary N) is 2. The maximum absolute atomic E-state index is 14.0. The zero-order valence-corrected chi connectivity index (χ0v) is 20.2. The summed E-state index contributed by atoms with van der Waals surface area (Å²) in [5, 5.41) is 9.48. The molecule has 3 aliphatic heterocycles. The smallest absolute Gasteiger partial charge is 0.169 e. The molecule has 184 valence electrons. The van der Waals surface area contributed by atoms with E-state index >= 15 is 0 Å². The number of β-amino-alcohol motifs (C(OH)–C–C–N with tert-alkyl or cyclic N) is 1. The summed E-state index contributed by atoms with van der Waals surface area (Å²) >= 11 is 12.5. The van der Waals surface area contributed by atoms with E-state index in [1.807, 2.05) is 4.90 Å². The molecule has 0 radical (unpaired) electrons. The van der Waals surface area contributed by atoms with Crippen LogP contribution in [0.3, 0.4) is 0 Å². The van der Waals surface area contributed by atoms with Crippen molar-refractivity contribution in [3.63, 3.8) is 0 Å². The van der Waals surface area contributed by atoms with E-state index in [4.69, 9.17) is 39.8 Å². The lowest BCUT2D eigenvalue weighted by Gasteiger charge is -2.31. The van der Waals surface area contributed by atoms with Gasteiger partial charge in [0, 0.05) is 36.1 Å². The van der Waals surface area contributed by atoms with Crippen molar-refractivity contribution in [2.75, 3.05) is 39.3 Å². The van der Waals surface area contributed by atoms with Crippen LogP contribution in [0.1, 0.15) is 18.4 Å². The minimum Gasteiger partial charge on any atom is -0.396 e. The Morgan fingerprint density at radius 3 is 2.74 bits per heavy atom. The minimum absolute atomic E-state index is 0.0137. The second kappa shape index (κ2) is 10.8. The number of allylic oxidation sites excluding steroid dienone is 1. The van der Waals surface area contributed by atoms with Crippen LogP contribution in [0, 0.1) is 11.7 Å². The summed E-state index contributed by atoms with van der Waals surface area (Å²) in [7, 11) is 0. The molecule has 7 N–H and O–H groups in total. The molecule has 0 aliphatic carbocycles. The SMILES string of the molecule is NC1=NCCN(Cc2c(Cl)ccc(F)c2Cl)C1=CC(N)=C1N=C(C2CCN(CCO)CC2)NN1. The van der Waals surface area contributed by atoms with Gasteiger partial charge in [0.1, 0.15) is 17.5 Å². The molecule has 1 aromatic carbocycles. The Morgan fingerprint density at radius 1 is 1.24 bits per heavy atom. The Bertz CT molecular complexity index is 1050. The van der Waals surface area contributed by atoms with Crippen molar-refractivity contribution in [1.29, 1.82) is 0 Å². The molecule has 12 heteroatoms. The molecule has 4 rings (SSSR count). The van der Waals surface area contributed by atoms with Gasteiger partial charge in [0.15, 0.2) is 5.82 Å². The molecule has 0 spiro atoms. The molecule has 0 aromatic heterocycles. The third-order valence-corrected chi connectivity index (χ3v) is 7.00. The average Bonchev–Trinajstić information content (AvgIpc) is 3.32. The van der Waals surface area contributed by atoms with Crippen molar-refractivity contribution >= 4 is 34.9 Å². The first-order chi connectivity index (χ1) is 16.4. The summed E-state index contributed by atoms with van der Waals surface area (Å²) in [5.41, 5.74) is 20.2.